The molecule has 1 aliphatic rings. The summed E-state index contributed by atoms with van der Waals surface area (Å²) in [6.07, 6.45) is 5.00. The van der Waals surface area contributed by atoms with E-state index in [1.54, 1.807) is 0 Å². The maximum Gasteiger partial charge on any atom is 0.0500 e. The molecule has 1 unspecified atom stereocenters. The van der Waals surface area contributed by atoms with Gasteiger partial charge in [0.25, 0.3) is 0 Å². The summed E-state index contributed by atoms with van der Waals surface area (Å²) >= 11 is 0. The van der Waals surface area contributed by atoms with Crippen molar-refractivity contribution in [3.05, 3.63) is 70.8 Å². The molecule has 21 heavy (non-hydrogen) atoms. The number of hydrogen-bond donors (Lipinski definition) is 2. The van der Waals surface area contributed by atoms with Crippen LogP contribution in [0.3, 0.4) is 0 Å². The minimum atomic E-state index is 0.169. The van der Waals surface area contributed by atoms with Gasteiger partial charge < -0.3 is 0 Å². The van der Waals surface area contributed by atoms with Crippen LogP contribution in [-0.2, 0) is 6.42 Å². The predicted octanol–water partition coefficient (Wildman–Crippen LogP) is 4.01. The molecule has 2 aromatic rings. The second kappa shape index (κ2) is 6.42. The topological polar surface area (TPSA) is 38.0 Å². The average Bonchev–Trinajstić information content (AvgIpc) is 2.44. The molecule has 0 aliphatic heterocycles. The van der Waals surface area contributed by atoms with E-state index in [4.69, 9.17) is 5.84 Å². The second-order valence-corrected chi connectivity index (χ2v) is 6.21. The number of aryl methyl sites for hydroxylation is 1. The highest BCUT2D eigenvalue weighted by atomic mass is 15.2. The van der Waals surface area contributed by atoms with E-state index in [0.717, 1.165) is 12.3 Å². The molecule has 0 saturated heterocycles. The molecule has 0 amide bonds. The van der Waals surface area contributed by atoms with E-state index in [9.17, 15) is 0 Å². The Labute approximate surface area is 127 Å². The Morgan fingerprint density at radius 1 is 1.14 bits per heavy atom. The molecule has 0 bridgehead atoms. The fourth-order valence-corrected chi connectivity index (χ4v) is 3.09. The molecule has 0 heterocycles. The predicted molar refractivity (Wildman–Crippen MR) is 88.0 cm³/mol. The number of hydrogen-bond acceptors (Lipinski definition) is 2. The molecular formula is C19H24N2. The fourth-order valence-electron chi connectivity index (χ4n) is 3.09. The molecule has 2 nitrogen and oxygen atoms in total. The van der Waals surface area contributed by atoms with Crippen molar-refractivity contribution >= 4 is 0 Å². The van der Waals surface area contributed by atoms with E-state index in [1.165, 1.54) is 41.5 Å². The summed E-state index contributed by atoms with van der Waals surface area (Å²) in [5.41, 5.74) is 8.33. The smallest absolute Gasteiger partial charge is 0.0500 e. The van der Waals surface area contributed by atoms with E-state index >= 15 is 0 Å². The van der Waals surface area contributed by atoms with E-state index in [2.05, 4.69) is 60.9 Å². The number of nitrogens with two attached hydrogens (primary N) is 1. The highest BCUT2D eigenvalue weighted by Gasteiger charge is 2.19. The van der Waals surface area contributed by atoms with Crippen molar-refractivity contribution in [3.63, 3.8) is 0 Å². The van der Waals surface area contributed by atoms with Crippen molar-refractivity contribution in [2.24, 2.45) is 5.84 Å². The van der Waals surface area contributed by atoms with E-state index in [-0.39, 0.29) is 6.04 Å². The van der Waals surface area contributed by atoms with Crippen molar-refractivity contribution in [2.45, 2.75) is 44.6 Å². The SMILES string of the molecule is Cc1cccc(CC(NN)c2ccc(C3CCC3)cc2)c1. The number of rotatable bonds is 5. The first kappa shape index (κ1) is 14.3. The van der Waals surface area contributed by atoms with Gasteiger partial charge in [0, 0.05) is 6.04 Å². The molecule has 110 valence electrons. The van der Waals surface area contributed by atoms with Crippen molar-refractivity contribution in [1.29, 1.82) is 0 Å². The third-order valence-electron chi connectivity index (χ3n) is 4.64. The second-order valence-electron chi connectivity index (χ2n) is 6.21. The molecule has 2 heteroatoms. The van der Waals surface area contributed by atoms with Crippen LogP contribution in [0.15, 0.2) is 48.5 Å². The first-order chi connectivity index (χ1) is 10.3. The maximum atomic E-state index is 5.78. The van der Waals surface area contributed by atoms with Crippen molar-refractivity contribution in [2.75, 3.05) is 0 Å². The summed E-state index contributed by atoms with van der Waals surface area (Å²) < 4.78 is 0. The third-order valence-corrected chi connectivity index (χ3v) is 4.64. The monoisotopic (exact) mass is 280 g/mol. The largest absolute Gasteiger partial charge is 0.271 e. The zero-order chi connectivity index (χ0) is 14.7. The van der Waals surface area contributed by atoms with Gasteiger partial charge in [0.1, 0.15) is 0 Å². The zero-order valence-corrected chi connectivity index (χ0v) is 12.7. The summed E-state index contributed by atoms with van der Waals surface area (Å²) in [4.78, 5) is 0. The Balaban J connectivity index is 1.73. The van der Waals surface area contributed by atoms with Gasteiger partial charge in [0.05, 0.1) is 0 Å². The van der Waals surface area contributed by atoms with Crippen molar-refractivity contribution in [1.82, 2.24) is 5.43 Å². The molecule has 1 fully saturated rings. The lowest BCUT2D eigenvalue weighted by Gasteiger charge is -2.26. The van der Waals surface area contributed by atoms with Crippen LogP contribution >= 0.6 is 0 Å². The lowest BCUT2D eigenvalue weighted by molar-refractivity contribution is 0.419. The van der Waals surface area contributed by atoms with Crippen LogP contribution < -0.4 is 11.3 Å². The minimum Gasteiger partial charge on any atom is -0.271 e. The van der Waals surface area contributed by atoms with Gasteiger partial charge in [-0.2, -0.15) is 0 Å². The van der Waals surface area contributed by atoms with Gasteiger partial charge in [0.15, 0.2) is 0 Å². The summed E-state index contributed by atoms with van der Waals surface area (Å²) in [7, 11) is 0. The molecule has 0 spiro atoms. The van der Waals surface area contributed by atoms with Crippen LogP contribution in [0.5, 0.6) is 0 Å². The average molecular weight is 280 g/mol. The van der Waals surface area contributed by atoms with Crippen LogP contribution in [0, 0.1) is 6.92 Å². The number of hydrazine groups is 1. The number of nitrogens with one attached hydrogen (secondary N) is 1. The summed E-state index contributed by atoms with van der Waals surface area (Å²) in [6.45, 7) is 2.13. The summed E-state index contributed by atoms with van der Waals surface area (Å²) in [5, 5.41) is 0. The Kier molecular flexibility index (Phi) is 4.37. The van der Waals surface area contributed by atoms with E-state index in [0.29, 0.717) is 0 Å². The molecular weight excluding hydrogens is 256 g/mol. The van der Waals surface area contributed by atoms with Crippen molar-refractivity contribution < 1.29 is 0 Å². The highest BCUT2D eigenvalue weighted by molar-refractivity contribution is 5.30. The van der Waals surface area contributed by atoms with Crippen LogP contribution in [0.1, 0.15) is 53.5 Å². The van der Waals surface area contributed by atoms with Gasteiger partial charge in [-0.15, -0.1) is 0 Å². The Hall–Kier alpha value is -1.64. The Bertz CT molecular complexity index is 585. The van der Waals surface area contributed by atoms with Gasteiger partial charge in [-0.1, -0.05) is 60.5 Å². The van der Waals surface area contributed by atoms with Gasteiger partial charge in [-0.05, 0) is 48.8 Å². The molecule has 3 rings (SSSR count). The minimum absolute atomic E-state index is 0.169. The van der Waals surface area contributed by atoms with Gasteiger partial charge in [0.2, 0.25) is 0 Å². The third kappa shape index (κ3) is 3.34. The lowest BCUT2D eigenvalue weighted by Crippen LogP contribution is -2.29. The van der Waals surface area contributed by atoms with Crippen LogP contribution in [0.25, 0.3) is 0 Å². The fraction of sp³-hybridized carbons (Fsp3) is 0.368. The molecule has 0 radical (unpaired) electrons. The quantitative estimate of drug-likeness (QED) is 0.641. The van der Waals surface area contributed by atoms with Crippen molar-refractivity contribution in [3.8, 4) is 0 Å². The summed E-state index contributed by atoms with van der Waals surface area (Å²) in [5.74, 6) is 6.57. The molecule has 1 aliphatic carbocycles. The molecule has 2 aromatic carbocycles. The first-order valence-corrected chi connectivity index (χ1v) is 7.88. The lowest BCUT2D eigenvalue weighted by atomic mass is 9.79. The molecule has 1 saturated carbocycles. The zero-order valence-electron chi connectivity index (χ0n) is 12.7. The van der Waals surface area contributed by atoms with Gasteiger partial charge in [-0.3, -0.25) is 11.3 Å². The van der Waals surface area contributed by atoms with Crippen LogP contribution in [0.2, 0.25) is 0 Å². The maximum absolute atomic E-state index is 5.78. The first-order valence-electron chi connectivity index (χ1n) is 7.88. The molecule has 0 aromatic heterocycles. The highest BCUT2D eigenvalue weighted by Crippen LogP contribution is 2.36. The van der Waals surface area contributed by atoms with Gasteiger partial charge >= 0.3 is 0 Å². The normalized spacial score (nSPS) is 16.5. The van der Waals surface area contributed by atoms with E-state index < -0.39 is 0 Å². The molecule has 3 N–H and O–H groups in total. The van der Waals surface area contributed by atoms with Crippen LogP contribution in [0.4, 0.5) is 0 Å². The Morgan fingerprint density at radius 3 is 2.48 bits per heavy atom. The number of benzene rings is 2. The standard InChI is InChI=1S/C19H24N2/c1-14-4-2-5-15(12-14)13-19(21-20)18-10-8-17(9-11-18)16-6-3-7-16/h2,4-5,8-12,16,19,21H,3,6-7,13,20H2,1H3. The summed E-state index contributed by atoms with van der Waals surface area (Å²) in [6, 6.07) is 17.8. The Morgan fingerprint density at radius 2 is 1.90 bits per heavy atom. The molecule has 1 atom stereocenters. The van der Waals surface area contributed by atoms with Crippen LogP contribution in [-0.4, -0.2) is 0 Å². The van der Waals surface area contributed by atoms with E-state index in [1.807, 2.05) is 0 Å². The van der Waals surface area contributed by atoms with Gasteiger partial charge in [-0.25, -0.2) is 0 Å².